The molecule has 0 spiro atoms. The molecule has 7 heteroatoms. The minimum absolute atomic E-state index is 0.0331. The van der Waals surface area contributed by atoms with Gasteiger partial charge in [0.1, 0.15) is 5.69 Å². The normalized spacial score (nSPS) is 12.2. The molecule has 1 aliphatic heterocycles. The van der Waals surface area contributed by atoms with Crippen molar-refractivity contribution in [2.45, 2.75) is 6.54 Å². The summed E-state index contributed by atoms with van der Waals surface area (Å²) in [5.41, 5.74) is 1.38. The molecule has 1 heterocycles. The average Bonchev–Trinajstić information content (AvgIpc) is 2.91. The van der Waals surface area contributed by atoms with Crippen LogP contribution in [0.4, 0.5) is 11.4 Å². The summed E-state index contributed by atoms with van der Waals surface area (Å²) in [6.45, 7) is 0.557. The van der Waals surface area contributed by atoms with E-state index in [4.69, 9.17) is 9.47 Å². The van der Waals surface area contributed by atoms with E-state index in [0.717, 1.165) is 10.0 Å². The van der Waals surface area contributed by atoms with Crippen molar-refractivity contribution in [3.05, 3.63) is 56.5 Å². The first-order chi connectivity index (χ1) is 10.1. The maximum absolute atomic E-state index is 11.1. The lowest BCUT2D eigenvalue weighted by atomic mass is 10.2. The summed E-state index contributed by atoms with van der Waals surface area (Å²) in [5.74, 6) is 0.909. The SMILES string of the molecule is O=[N+]([O-])c1cc2c(cc1NCc1cccc(Br)c1)OCO2. The van der Waals surface area contributed by atoms with Crippen molar-refractivity contribution in [1.82, 2.24) is 0 Å². The molecule has 0 radical (unpaired) electrons. The number of anilines is 1. The highest BCUT2D eigenvalue weighted by molar-refractivity contribution is 9.10. The van der Waals surface area contributed by atoms with Crippen LogP contribution in [0.3, 0.4) is 0 Å². The Bertz CT molecular complexity index is 705. The van der Waals surface area contributed by atoms with Gasteiger partial charge in [0.2, 0.25) is 6.79 Å². The van der Waals surface area contributed by atoms with E-state index in [9.17, 15) is 10.1 Å². The number of nitrogens with one attached hydrogen (secondary N) is 1. The maximum Gasteiger partial charge on any atom is 0.296 e. The number of nitrogens with zero attached hydrogens (tertiary/aromatic N) is 1. The Hall–Kier alpha value is -2.28. The Morgan fingerprint density at radius 1 is 1.24 bits per heavy atom. The summed E-state index contributed by atoms with van der Waals surface area (Å²) in [7, 11) is 0. The summed E-state index contributed by atoms with van der Waals surface area (Å²) in [6, 6.07) is 10.7. The molecular formula is C14H11BrN2O4. The predicted molar refractivity (Wildman–Crippen MR) is 80.7 cm³/mol. The highest BCUT2D eigenvalue weighted by Crippen LogP contribution is 2.40. The fourth-order valence-electron chi connectivity index (χ4n) is 2.07. The van der Waals surface area contributed by atoms with E-state index >= 15 is 0 Å². The number of hydrogen-bond acceptors (Lipinski definition) is 5. The van der Waals surface area contributed by atoms with E-state index in [-0.39, 0.29) is 12.5 Å². The van der Waals surface area contributed by atoms with Crippen LogP contribution in [0.5, 0.6) is 11.5 Å². The lowest BCUT2D eigenvalue weighted by molar-refractivity contribution is -0.384. The number of halogens is 1. The van der Waals surface area contributed by atoms with Gasteiger partial charge >= 0.3 is 0 Å². The molecule has 0 aliphatic carbocycles. The molecule has 0 unspecified atom stereocenters. The van der Waals surface area contributed by atoms with Crippen LogP contribution in [-0.2, 0) is 6.54 Å². The van der Waals surface area contributed by atoms with Crippen molar-refractivity contribution in [3.63, 3.8) is 0 Å². The standard InChI is InChI=1S/C14H11BrN2O4/c15-10-3-1-2-9(4-10)7-16-11-5-13-14(21-8-20-13)6-12(11)17(18)19/h1-6,16H,7-8H2. The molecule has 0 atom stereocenters. The molecule has 0 saturated heterocycles. The number of nitro benzene ring substituents is 1. The van der Waals surface area contributed by atoms with Gasteiger partial charge in [0.05, 0.1) is 11.0 Å². The van der Waals surface area contributed by atoms with Gasteiger partial charge in [-0.1, -0.05) is 28.1 Å². The Balaban J connectivity index is 1.86. The van der Waals surface area contributed by atoms with Gasteiger partial charge in [-0.2, -0.15) is 0 Å². The topological polar surface area (TPSA) is 73.6 Å². The molecule has 0 amide bonds. The number of rotatable bonds is 4. The van der Waals surface area contributed by atoms with E-state index in [1.54, 1.807) is 6.07 Å². The molecule has 0 saturated carbocycles. The van der Waals surface area contributed by atoms with E-state index in [1.807, 2.05) is 24.3 Å². The van der Waals surface area contributed by atoms with Crippen molar-refractivity contribution < 1.29 is 14.4 Å². The zero-order valence-electron chi connectivity index (χ0n) is 10.8. The van der Waals surface area contributed by atoms with Crippen LogP contribution in [0.2, 0.25) is 0 Å². The number of nitro groups is 1. The Kier molecular flexibility index (Phi) is 3.66. The second-order valence-electron chi connectivity index (χ2n) is 4.46. The molecule has 2 aromatic rings. The second kappa shape index (κ2) is 5.61. The first-order valence-electron chi connectivity index (χ1n) is 6.20. The molecule has 3 rings (SSSR count). The maximum atomic E-state index is 11.1. The molecule has 6 nitrogen and oxygen atoms in total. The molecule has 1 N–H and O–H groups in total. The molecule has 0 aromatic heterocycles. The third-order valence-electron chi connectivity index (χ3n) is 3.06. The third-order valence-corrected chi connectivity index (χ3v) is 3.55. The van der Waals surface area contributed by atoms with Crippen molar-refractivity contribution in [3.8, 4) is 11.5 Å². The molecule has 0 bridgehead atoms. The minimum atomic E-state index is -0.439. The van der Waals surface area contributed by atoms with Crippen LogP contribution < -0.4 is 14.8 Å². The van der Waals surface area contributed by atoms with Gasteiger partial charge in [-0.05, 0) is 17.7 Å². The molecule has 21 heavy (non-hydrogen) atoms. The van der Waals surface area contributed by atoms with Gasteiger partial charge < -0.3 is 14.8 Å². The average molecular weight is 351 g/mol. The van der Waals surface area contributed by atoms with Crippen LogP contribution in [0.1, 0.15) is 5.56 Å². The number of fused-ring (bicyclic) bond motifs is 1. The highest BCUT2D eigenvalue weighted by atomic mass is 79.9. The Morgan fingerprint density at radius 3 is 2.71 bits per heavy atom. The van der Waals surface area contributed by atoms with Crippen LogP contribution in [0.25, 0.3) is 0 Å². The van der Waals surface area contributed by atoms with Gasteiger partial charge in [0.15, 0.2) is 11.5 Å². The highest BCUT2D eigenvalue weighted by Gasteiger charge is 2.23. The monoisotopic (exact) mass is 350 g/mol. The summed E-state index contributed by atoms with van der Waals surface area (Å²) in [5, 5.41) is 14.2. The van der Waals surface area contributed by atoms with E-state index in [2.05, 4.69) is 21.2 Å². The lowest BCUT2D eigenvalue weighted by Gasteiger charge is -2.08. The summed E-state index contributed by atoms with van der Waals surface area (Å²) < 4.78 is 11.4. The fraction of sp³-hybridized carbons (Fsp3) is 0.143. The van der Waals surface area contributed by atoms with Gasteiger partial charge in [-0.15, -0.1) is 0 Å². The fourth-order valence-corrected chi connectivity index (χ4v) is 2.51. The van der Waals surface area contributed by atoms with Crippen LogP contribution in [-0.4, -0.2) is 11.7 Å². The van der Waals surface area contributed by atoms with E-state index in [0.29, 0.717) is 23.7 Å². The Morgan fingerprint density at radius 2 is 2.00 bits per heavy atom. The zero-order valence-corrected chi connectivity index (χ0v) is 12.4. The first kappa shape index (κ1) is 13.7. The largest absolute Gasteiger partial charge is 0.454 e. The zero-order chi connectivity index (χ0) is 14.8. The molecule has 108 valence electrons. The number of benzene rings is 2. The van der Waals surface area contributed by atoms with Crippen LogP contribution in [0.15, 0.2) is 40.9 Å². The quantitative estimate of drug-likeness (QED) is 0.672. The van der Waals surface area contributed by atoms with Crippen molar-refractivity contribution in [2.24, 2.45) is 0 Å². The predicted octanol–water partition coefficient (Wildman–Crippen LogP) is 3.70. The Labute approximate surface area is 129 Å². The lowest BCUT2D eigenvalue weighted by Crippen LogP contribution is -2.02. The summed E-state index contributed by atoms with van der Waals surface area (Å²) in [6.07, 6.45) is 0. The third kappa shape index (κ3) is 2.92. The number of hydrogen-bond donors (Lipinski definition) is 1. The van der Waals surface area contributed by atoms with Crippen LogP contribution in [0, 0.1) is 10.1 Å². The molecule has 1 aliphatic rings. The molecule has 0 fully saturated rings. The molecular weight excluding hydrogens is 340 g/mol. The molecule has 2 aromatic carbocycles. The number of ether oxygens (including phenoxy) is 2. The second-order valence-corrected chi connectivity index (χ2v) is 5.38. The van der Waals surface area contributed by atoms with E-state index < -0.39 is 4.92 Å². The van der Waals surface area contributed by atoms with Gasteiger partial charge in [-0.25, -0.2) is 0 Å². The minimum Gasteiger partial charge on any atom is -0.454 e. The van der Waals surface area contributed by atoms with Crippen molar-refractivity contribution >= 4 is 27.3 Å². The van der Waals surface area contributed by atoms with E-state index in [1.165, 1.54) is 6.07 Å². The van der Waals surface area contributed by atoms with Gasteiger partial charge in [0, 0.05) is 17.1 Å². The first-order valence-corrected chi connectivity index (χ1v) is 6.99. The summed E-state index contributed by atoms with van der Waals surface area (Å²) >= 11 is 3.39. The summed E-state index contributed by atoms with van der Waals surface area (Å²) in [4.78, 5) is 10.7. The van der Waals surface area contributed by atoms with Crippen molar-refractivity contribution in [1.29, 1.82) is 0 Å². The van der Waals surface area contributed by atoms with Crippen LogP contribution >= 0.6 is 15.9 Å². The smallest absolute Gasteiger partial charge is 0.296 e. The van der Waals surface area contributed by atoms with Gasteiger partial charge in [0.25, 0.3) is 5.69 Å². The van der Waals surface area contributed by atoms with Gasteiger partial charge in [-0.3, -0.25) is 10.1 Å². The van der Waals surface area contributed by atoms with Crippen molar-refractivity contribution in [2.75, 3.05) is 12.1 Å².